The highest BCUT2D eigenvalue weighted by atomic mass is 16.3. The van der Waals surface area contributed by atoms with Gasteiger partial charge >= 0.3 is 0 Å². The van der Waals surface area contributed by atoms with Crippen molar-refractivity contribution in [1.82, 2.24) is 4.57 Å². The van der Waals surface area contributed by atoms with Crippen molar-refractivity contribution in [3.8, 4) is 0 Å². The van der Waals surface area contributed by atoms with E-state index in [0.717, 1.165) is 0 Å². The van der Waals surface area contributed by atoms with Gasteiger partial charge in [0.1, 0.15) is 0 Å². The summed E-state index contributed by atoms with van der Waals surface area (Å²) < 4.78 is 2.15. The first-order valence-corrected chi connectivity index (χ1v) is 4.91. The van der Waals surface area contributed by atoms with E-state index in [0.29, 0.717) is 6.54 Å². The molecule has 2 nitrogen and oxygen atoms in total. The summed E-state index contributed by atoms with van der Waals surface area (Å²) in [5.41, 5.74) is 2.40. The largest absolute Gasteiger partial charge is 0.392 e. The Bertz CT molecular complexity index is 443. The first-order chi connectivity index (χ1) is 6.68. The van der Waals surface area contributed by atoms with Crippen LogP contribution in [0.15, 0.2) is 30.3 Å². The maximum atomic E-state index is 9.39. The summed E-state index contributed by atoms with van der Waals surface area (Å²) in [6.07, 6.45) is -0.301. The third-order valence-electron chi connectivity index (χ3n) is 2.46. The van der Waals surface area contributed by atoms with Crippen LogP contribution in [0.25, 0.3) is 10.9 Å². The zero-order chi connectivity index (χ0) is 10.1. The summed E-state index contributed by atoms with van der Waals surface area (Å²) >= 11 is 0. The molecular weight excluding hydrogens is 174 g/mol. The van der Waals surface area contributed by atoms with E-state index in [2.05, 4.69) is 29.7 Å². The summed E-state index contributed by atoms with van der Waals surface area (Å²) in [4.78, 5) is 0. The Balaban J connectivity index is 2.56. The van der Waals surface area contributed by atoms with Gasteiger partial charge in [0.2, 0.25) is 0 Å². The van der Waals surface area contributed by atoms with E-state index in [1.165, 1.54) is 16.6 Å². The standard InChI is InChI=1S/C12H15NO/c1-9-7-11-5-3-4-6-12(11)13(9)8-10(2)14/h3-7,10,14H,8H2,1-2H3/t10-/m0/s1. The molecule has 0 amide bonds. The van der Waals surface area contributed by atoms with Gasteiger partial charge in [0.25, 0.3) is 0 Å². The lowest BCUT2D eigenvalue weighted by atomic mass is 10.2. The van der Waals surface area contributed by atoms with Crippen molar-refractivity contribution in [1.29, 1.82) is 0 Å². The molecule has 2 heteroatoms. The number of nitrogens with zero attached hydrogens (tertiary/aromatic N) is 1. The Hall–Kier alpha value is -1.28. The molecule has 0 unspecified atom stereocenters. The Morgan fingerprint density at radius 2 is 2.07 bits per heavy atom. The summed E-state index contributed by atoms with van der Waals surface area (Å²) in [5.74, 6) is 0. The maximum Gasteiger partial charge on any atom is 0.0691 e. The summed E-state index contributed by atoms with van der Waals surface area (Å²) in [7, 11) is 0. The topological polar surface area (TPSA) is 25.2 Å². The minimum atomic E-state index is -0.301. The molecule has 1 atom stereocenters. The molecule has 1 aromatic heterocycles. The van der Waals surface area contributed by atoms with Crippen LogP contribution >= 0.6 is 0 Å². The highest BCUT2D eigenvalue weighted by Gasteiger charge is 2.06. The molecule has 1 aromatic carbocycles. The van der Waals surface area contributed by atoms with Crippen LogP contribution in [0.4, 0.5) is 0 Å². The third-order valence-corrected chi connectivity index (χ3v) is 2.46. The summed E-state index contributed by atoms with van der Waals surface area (Å²) in [6, 6.07) is 10.4. The van der Waals surface area contributed by atoms with Crippen molar-refractivity contribution >= 4 is 10.9 Å². The summed E-state index contributed by atoms with van der Waals surface area (Å²) in [6.45, 7) is 4.55. The number of aromatic nitrogens is 1. The lowest BCUT2D eigenvalue weighted by molar-refractivity contribution is 0.174. The molecular formula is C12H15NO. The second kappa shape index (κ2) is 3.46. The normalized spacial score (nSPS) is 13.4. The number of aliphatic hydroxyl groups excluding tert-OH is 1. The molecule has 0 bridgehead atoms. The average Bonchev–Trinajstić information content (AvgIpc) is 2.43. The number of hydrogen-bond acceptors (Lipinski definition) is 1. The van der Waals surface area contributed by atoms with Crippen molar-refractivity contribution in [2.75, 3.05) is 0 Å². The average molecular weight is 189 g/mol. The molecule has 0 saturated heterocycles. The van der Waals surface area contributed by atoms with E-state index in [4.69, 9.17) is 0 Å². The second-order valence-corrected chi connectivity index (χ2v) is 3.80. The van der Waals surface area contributed by atoms with E-state index in [-0.39, 0.29) is 6.10 Å². The van der Waals surface area contributed by atoms with Gasteiger partial charge in [0, 0.05) is 17.8 Å². The Morgan fingerprint density at radius 3 is 2.79 bits per heavy atom. The molecule has 0 radical (unpaired) electrons. The quantitative estimate of drug-likeness (QED) is 0.770. The van der Waals surface area contributed by atoms with Gasteiger partial charge in [-0.15, -0.1) is 0 Å². The van der Waals surface area contributed by atoms with Crippen molar-refractivity contribution in [2.24, 2.45) is 0 Å². The van der Waals surface area contributed by atoms with Gasteiger partial charge in [0.15, 0.2) is 0 Å². The van der Waals surface area contributed by atoms with Crippen LogP contribution in [0.3, 0.4) is 0 Å². The van der Waals surface area contributed by atoms with E-state index in [1.807, 2.05) is 19.1 Å². The fraction of sp³-hybridized carbons (Fsp3) is 0.333. The first kappa shape index (κ1) is 9.28. The van der Waals surface area contributed by atoms with Crippen LogP contribution in [0.1, 0.15) is 12.6 Å². The molecule has 2 rings (SSSR count). The van der Waals surface area contributed by atoms with Crippen molar-refractivity contribution in [3.63, 3.8) is 0 Å². The Kier molecular flexibility index (Phi) is 2.30. The first-order valence-electron chi connectivity index (χ1n) is 4.91. The second-order valence-electron chi connectivity index (χ2n) is 3.80. The van der Waals surface area contributed by atoms with E-state index in [9.17, 15) is 5.11 Å². The number of hydrogen-bond donors (Lipinski definition) is 1. The minimum absolute atomic E-state index is 0.301. The van der Waals surface area contributed by atoms with Gasteiger partial charge < -0.3 is 9.67 Å². The number of para-hydroxylation sites is 1. The smallest absolute Gasteiger partial charge is 0.0691 e. The molecule has 0 aliphatic heterocycles. The molecule has 74 valence electrons. The van der Waals surface area contributed by atoms with E-state index >= 15 is 0 Å². The number of fused-ring (bicyclic) bond motifs is 1. The SMILES string of the molecule is Cc1cc2ccccc2n1C[C@H](C)O. The fourth-order valence-electron chi connectivity index (χ4n) is 1.85. The number of aliphatic hydroxyl groups is 1. The van der Waals surface area contributed by atoms with Crippen LogP contribution in [-0.4, -0.2) is 15.8 Å². The van der Waals surface area contributed by atoms with E-state index < -0.39 is 0 Å². The van der Waals surface area contributed by atoms with Crippen LogP contribution in [-0.2, 0) is 6.54 Å². The van der Waals surface area contributed by atoms with Crippen LogP contribution in [0, 0.1) is 6.92 Å². The highest BCUT2D eigenvalue weighted by Crippen LogP contribution is 2.19. The molecule has 0 saturated carbocycles. The predicted octanol–water partition coefficient (Wildman–Crippen LogP) is 2.33. The summed E-state index contributed by atoms with van der Waals surface area (Å²) in [5, 5.41) is 10.6. The fourth-order valence-corrected chi connectivity index (χ4v) is 1.85. The molecule has 14 heavy (non-hydrogen) atoms. The monoisotopic (exact) mass is 189 g/mol. The van der Waals surface area contributed by atoms with Gasteiger partial charge in [-0.1, -0.05) is 18.2 Å². The van der Waals surface area contributed by atoms with Gasteiger partial charge in [-0.25, -0.2) is 0 Å². The third kappa shape index (κ3) is 1.53. The maximum absolute atomic E-state index is 9.39. The van der Waals surface area contributed by atoms with E-state index in [1.54, 1.807) is 0 Å². The highest BCUT2D eigenvalue weighted by molar-refractivity contribution is 5.81. The van der Waals surface area contributed by atoms with Gasteiger partial charge in [-0.2, -0.15) is 0 Å². The minimum Gasteiger partial charge on any atom is -0.392 e. The Morgan fingerprint density at radius 1 is 1.36 bits per heavy atom. The van der Waals surface area contributed by atoms with Gasteiger partial charge in [0.05, 0.1) is 6.10 Å². The lowest BCUT2D eigenvalue weighted by Gasteiger charge is -2.09. The van der Waals surface area contributed by atoms with Crippen LogP contribution < -0.4 is 0 Å². The van der Waals surface area contributed by atoms with Crippen molar-refractivity contribution in [3.05, 3.63) is 36.0 Å². The van der Waals surface area contributed by atoms with Crippen LogP contribution in [0.5, 0.6) is 0 Å². The molecule has 2 aromatic rings. The van der Waals surface area contributed by atoms with Crippen LogP contribution in [0.2, 0.25) is 0 Å². The number of benzene rings is 1. The predicted molar refractivity (Wildman–Crippen MR) is 58.4 cm³/mol. The number of aryl methyl sites for hydroxylation is 1. The number of rotatable bonds is 2. The molecule has 1 heterocycles. The van der Waals surface area contributed by atoms with Gasteiger partial charge in [-0.3, -0.25) is 0 Å². The van der Waals surface area contributed by atoms with Gasteiger partial charge in [-0.05, 0) is 31.4 Å². The van der Waals surface area contributed by atoms with Crippen molar-refractivity contribution < 1.29 is 5.11 Å². The molecule has 0 fully saturated rings. The lowest BCUT2D eigenvalue weighted by Crippen LogP contribution is -2.12. The molecule has 0 spiro atoms. The van der Waals surface area contributed by atoms with Crippen molar-refractivity contribution in [2.45, 2.75) is 26.5 Å². The zero-order valence-corrected chi connectivity index (χ0v) is 8.57. The Labute approximate surface area is 83.8 Å². The molecule has 0 aliphatic rings. The molecule has 1 N–H and O–H groups in total. The molecule has 0 aliphatic carbocycles. The zero-order valence-electron chi connectivity index (χ0n) is 8.57.